The van der Waals surface area contributed by atoms with Crippen molar-refractivity contribution < 1.29 is 18.3 Å². The summed E-state index contributed by atoms with van der Waals surface area (Å²) < 4.78 is 34.3. The van der Waals surface area contributed by atoms with E-state index < -0.39 is 11.6 Å². The Morgan fingerprint density at radius 2 is 1.54 bits per heavy atom. The number of esters is 1. The molecular formula is C33H42F2O2. The number of allylic oxidation sites excluding steroid dienone is 2. The van der Waals surface area contributed by atoms with Crippen LogP contribution in [0, 0.1) is 35.3 Å². The monoisotopic (exact) mass is 508 g/mol. The molecule has 2 aromatic carbocycles. The molecule has 0 radical (unpaired) electrons. The zero-order valence-corrected chi connectivity index (χ0v) is 22.4. The predicted molar refractivity (Wildman–Crippen MR) is 145 cm³/mol. The minimum absolute atomic E-state index is 0.0278. The molecule has 200 valence electrons. The molecule has 2 fully saturated rings. The van der Waals surface area contributed by atoms with Gasteiger partial charge in [-0.1, -0.05) is 62.2 Å². The second-order valence-electron chi connectivity index (χ2n) is 11.3. The molecule has 2 nitrogen and oxygen atoms in total. The summed E-state index contributed by atoms with van der Waals surface area (Å²) in [6.45, 7) is 4.23. The van der Waals surface area contributed by atoms with Gasteiger partial charge in [0.25, 0.3) is 0 Å². The number of ether oxygens (including phenoxy) is 1. The largest absolute Gasteiger partial charge is 0.426 e. The van der Waals surface area contributed by atoms with Gasteiger partial charge in [0.15, 0.2) is 0 Å². The van der Waals surface area contributed by atoms with Gasteiger partial charge < -0.3 is 4.74 Å². The first kappa shape index (κ1) is 27.5. The van der Waals surface area contributed by atoms with E-state index in [4.69, 9.17) is 4.74 Å². The van der Waals surface area contributed by atoms with Crippen LogP contribution in [0.25, 0.3) is 0 Å². The van der Waals surface area contributed by atoms with Crippen molar-refractivity contribution in [1.82, 2.24) is 0 Å². The van der Waals surface area contributed by atoms with Gasteiger partial charge >= 0.3 is 5.97 Å². The van der Waals surface area contributed by atoms with Crippen molar-refractivity contribution >= 4 is 5.97 Å². The predicted octanol–water partition coefficient (Wildman–Crippen LogP) is 9.19. The van der Waals surface area contributed by atoms with Gasteiger partial charge in [0.2, 0.25) is 0 Å². The summed E-state index contributed by atoms with van der Waals surface area (Å²) in [6, 6.07) is 13.1. The van der Waals surface area contributed by atoms with Crippen LogP contribution in [-0.4, -0.2) is 5.97 Å². The molecule has 1 atom stereocenters. The summed E-state index contributed by atoms with van der Waals surface area (Å²) in [5.74, 6) is 1.02. The number of rotatable bonds is 9. The molecule has 0 bridgehead atoms. The summed E-state index contributed by atoms with van der Waals surface area (Å²) in [5.41, 5.74) is 1.49. The van der Waals surface area contributed by atoms with E-state index in [9.17, 15) is 13.6 Å². The van der Waals surface area contributed by atoms with Gasteiger partial charge in [-0.05, 0) is 93.9 Å². The van der Waals surface area contributed by atoms with Crippen molar-refractivity contribution in [3.8, 4) is 5.75 Å². The maximum absolute atomic E-state index is 14.4. The number of carbonyl (C=O) groups is 1. The van der Waals surface area contributed by atoms with E-state index >= 15 is 0 Å². The van der Waals surface area contributed by atoms with E-state index in [0.29, 0.717) is 18.3 Å². The third kappa shape index (κ3) is 7.52. The number of hydrogen-bond acceptors (Lipinski definition) is 2. The standard InChI is InChI=1S/C33H42F2O2/c1-3-4-6-11-30-31(34)21-29(22-32(30)35)37-33(36)28-18-16-27(17-19-28)26-14-12-24(13-15-26)20-23(2)25-9-7-5-8-10-25/h3-5,7-10,21-24,26-28H,6,11-20H2,1-2H3/b4-3+. The highest BCUT2D eigenvalue weighted by Gasteiger charge is 2.34. The Hall–Kier alpha value is -2.49. The summed E-state index contributed by atoms with van der Waals surface area (Å²) in [5, 5.41) is 0. The average molecular weight is 509 g/mol. The SMILES string of the molecule is C/C=C/CCc1c(F)cc(OC(=O)C2CCC(C3CCC(CC(C)c4ccccc4)CC3)CC2)cc1F. The Kier molecular flexibility index (Phi) is 9.94. The number of halogens is 2. The van der Waals surface area contributed by atoms with Crippen LogP contribution in [-0.2, 0) is 11.2 Å². The first-order chi connectivity index (χ1) is 17.9. The van der Waals surface area contributed by atoms with Gasteiger partial charge in [0.05, 0.1) is 5.92 Å². The van der Waals surface area contributed by atoms with Crippen LogP contribution >= 0.6 is 0 Å². The van der Waals surface area contributed by atoms with Crippen molar-refractivity contribution in [2.75, 3.05) is 0 Å². The Morgan fingerprint density at radius 1 is 0.946 bits per heavy atom. The van der Waals surface area contributed by atoms with Crippen molar-refractivity contribution in [3.05, 3.63) is 77.4 Å². The molecule has 37 heavy (non-hydrogen) atoms. The van der Waals surface area contributed by atoms with E-state index in [0.717, 1.165) is 49.7 Å². The normalized spacial score (nSPS) is 25.2. The van der Waals surface area contributed by atoms with Crippen molar-refractivity contribution in [1.29, 1.82) is 0 Å². The van der Waals surface area contributed by atoms with Crippen LogP contribution in [0.1, 0.15) is 95.1 Å². The molecule has 0 heterocycles. The van der Waals surface area contributed by atoms with Crippen LogP contribution in [0.4, 0.5) is 8.78 Å². The third-order valence-electron chi connectivity index (χ3n) is 8.85. The summed E-state index contributed by atoms with van der Waals surface area (Å²) in [7, 11) is 0. The van der Waals surface area contributed by atoms with E-state index in [1.807, 2.05) is 19.1 Å². The molecule has 0 N–H and O–H groups in total. The van der Waals surface area contributed by atoms with Crippen LogP contribution in [0.2, 0.25) is 0 Å². The quantitative estimate of drug-likeness (QED) is 0.192. The van der Waals surface area contributed by atoms with Crippen molar-refractivity contribution in [2.45, 2.75) is 90.4 Å². The molecule has 4 rings (SSSR count). The Morgan fingerprint density at radius 3 is 2.14 bits per heavy atom. The Labute approximate surface area is 221 Å². The number of carbonyl (C=O) groups excluding carboxylic acids is 1. The molecule has 2 aliphatic carbocycles. The third-order valence-corrected chi connectivity index (χ3v) is 8.85. The lowest BCUT2D eigenvalue weighted by Gasteiger charge is -2.38. The lowest BCUT2D eigenvalue weighted by molar-refractivity contribution is -0.140. The Balaban J connectivity index is 1.21. The first-order valence-corrected chi connectivity index (χ1v) is 14.3. The lowest BCUT2D eigenvalue weighted by atomic mass is 9.68. The van der Waals surface area contributed by atoms with Crippen molar-refractivity contribution in [2.24, 2.45) is 23.7 Å². The topological polar surface area (TPSA) is 26.3 Å². The Bertz CT molecular complexity index is 1010. The van der Waals surface area contributed by atoms with E-state index in [-0.39, 0.29) is 29.6 Å². The van der Waals surface area contributed by atoms with Crippen LogP contribution in [0.3, 0.4) is 0 Å². The number of benzene rings is 2. The van der Waals surface area contributed by atoms with Crippen LogP contribution < -0.4 is 4.74 Å². The number of hydrogen-bond donors (Lipinski definition) is 0. The molecule has 2 aromatic rings. The van der Waals surface area contributed by atoms with E-state index in [1.165, 1.54) is 37.7 Å². The lowest BCUT2D eigenvalue weighted by Crippen LogP contribution is -2.30. The van der Waals surface area contributed by atoms with E-state index in [2.05, 4.69) is 37.3 Å². The van der Waals surface area contributed by atoms with Crippen LogP contribution in [0.15, 0.2) is 54.6 Å². The molecule has 0 saturated heterocycles. The fourth-order valence-electron chi connectivity index (χ4n) is 6.61. The zero-order valence-electron chi connectivity index (χ0n) is 22.4. The molecule has 0 aliphatic heterocycles. The molecule has 2 saturated carbocycles. The second kappa shape index (κ2) is 13.3. The molecule has 4 heteroatoms. The van der Waals surface area contributed by atoms with Gasteiger partial charge in [-0.3, -0.25) is 4.79 Å². The highest BCUT2D eigenvalue weighted by molar-refractivity contribution is 5.75. The fourth-order valence-corrected chi connectivity index (χ4v) is 6.61. The van der Waals surface area contributed by atoms with Gasteiger partial charge in [-0.2, -0.15) is 0 Å². The molecular weight excluding hydrogens is 466 g/mol. The van der Waals surface area contributed by atoms with Gasteiger partial charge in [0.1, 0.15) is 17.4 Å². The second-order valence-corrected chi connectivity index (χ2v) is 11.3. The smallest absolute Gasteiger partial charge is 0.314 e. The fraction of sp³-hybridized carbons (Fsp3) is 0.545. The summed E-state index contributed by atoms with van der Waals surface area (Å²) in [6.07, 6.45) is 14.8. The highest BCUT2D eigenvalue weighted by atomic mass is 19.1. The molecule has 1 unspecified atom stereocenters. The maximum atomic E-state index is 14.4. The zero-order chi connectivity index (χ0) is 26.2. The minimum Gasteiger partial charge on any atom is -0.426 e. The molecule has 0 spiro atoms. The molecule has 2 aliphatic rings. The highest BCUT2D eigenvalue weighted by Crippen LogP contribution is 2.43. The van der Waals surface area contributed by atoms with Gasteiger partial charge in [0, 0.05) is 17.7 Å². The summed E-state index contributed by atoms with van der Waals surface area (Å²) >= 11 is 0. The van der Waals surface area contributed by atoms with Crippen molar-refractivity contribution in [3.63, 3.8) is 0 Å². The van der Waals surface area contributed by atoms with Gasteiger partial charge in [-0.15, -0.1) is 0 Å². The minimum atomic E-state index is -0.648. The average Bonchev–Trinajstić information content (AvgIpc) is 2.91. The van der Waals surface area contributed by atoms with Gasteiger partial charge in [-0.25, -0.2) is 8.78 Å². The van der Waals surface area contributed by atoms with Crippen LogP contribution in [0.5, 0.6) is 5.75 Å². The molecule has 0 aromatic heterocycles. The van der Waals surface area contributed by atoms with E-state index in [1.54, 1.807) is 0 Å². The molecule has 0 amide bonds. The first-order valence-electron chi connectivity index (χ1n) is 14.3. The maximum Gasteiger partial charge on any atom is 0.314 e. The summed E-state index contributed by atoms with van der Waals surface area (Å²) in [4.78, 5) is 12.8.